The summed E-state index contributed by atoms with van der Waals surface area (Å²) in [6, 6.07) is 12.1. The topological polar surface area (TPSA) is 55.4 Å². The molecule has 0 saturated heterocycles. The van der Waals surface area contributed by atoms with E-state index >= 15 is 0 Å². The van der Waals surface area contributed by atoms with Crippen molar-refractivity contribution in [3.05, 3.63) is 53.1 Å². The molecule has 6 heteroatoms. The van der Waals surface area contributed by atoms with Gasteiger partial charge < -0.3 is 10.1 Å². The summed E-state index contributed by atoms with van der Waals surface area (Å²) in [4.78, 5) is 0.295. The van der Waals surface area contributed by atoms with Crippen molar-refractivity contribution in [3.8, 4) is 5.75 Å². The lowest BCUT2D eigenvalue weighted by molar-refractivity contribution is 0.410. The average Bonchev–Trinajstić information content (AvgIpc) is 2.45. The van der Waals surface area contributed by atoms with Gasteiger partial charge in [0.05, 0.1) is 12.0 Å². The summed E-state index contributed by atoms with van der Waals surface area (Å²) < 4.78 is 28.1. The van der Waals surface area contributed by atoms with Crippen molar-refractivity contribution >= 4 is 27.1 Å². The molecule has 0 saturated carbocycles. The molecule has 0 radical (unpaired) electrons. The monoisotopic (exact) mass is 325 g/mol. The van der Waals surface area contributed by atoms with Crippen molar-refractivity contribution < 1.29 is 13.2 Å². The second kappa shape index (κ2) is 6.37. The van der Waals surface area contributed by atoms with Gasteiger partial charge >= 0.3 is 0 Å². The highest BCUT2D eigenvalue weighted by atomic mass is 35.5. The summed E-state index contributed by atoms with van der Waals surface area (Å²) in [5, 5.41) is 3.82. The van der Waals surface area contributed by atoms with Gasteiger partial charge in [0.15, 0.2) is 9.84 Å². The van der Waals surface area contributed by atoms with Gasteiger partial charge in [-0.05, 0) is 36.4 Å². The second-order valence-corrected chi connectivity index (χ2v) is 6.99. The fourth-order valence-corrected chi connectivity index (χ4v) is 2.78. The van der Waals surface area contributed by atoms with Crippen molar-refractivity contribution in [2.24, 2.45) is 0 Å². The maximum absolute atomic E-state index is 11.4. The molecule has 2 aromatic carbocycles. The molecule has 0 aliphatic carbocycles. The first kappa shape index (κ1) is 15.7. The van der Waals surface area contributed by atoms with Gasteiger partial charge in [0.2, 0.25) is 0 Å². The Balaban J connectivity index is 2.14. The van der Waals surface area contributed by atoms with E-state index in [-0.39, 0.29) is 0 Å². The van der Waals surface area contributed by atoms with Crippen LogP contribution in [0.5, 0.6) is 5.75 Å². The zero-order chi connectivity index (χ0) is 15.5. The zero-order valence-corrected chi connectivity index (χ0v) is 13.3. The van der Waals surface area contributed by atoms with Crippen LogP contribution in [-0.2, 0) is 16.4 Å². The minimum atomic E-state index is -3.17. The summed E-state index contributed by atoms with van der Waals surface area (Å²) in [6.07, 6.45) is 1.18. The van der Waals surface area contributed by atoms with Crippen LogP contribution < -0.4 is 10.1 Å². The van der Waals surface area contributed by atoms with E-state index in [9.17, 15) is 8.42 Å². The number of nitrogens with one attached hydrogen (secondary N) is 1. The van der Waals surface area contributed by atoms with Crippen LogP contribution in [0.15, 0.2) is 47.4 Å². The molecule has 0 heterocycles. The Morgan fingerprint density at radius 1 is 1.14 bits per heavy atom. The number of benzene rings is 2. The van der Waals surface area contributed by atoms with Gasteiger partial charge in [0.1, 0.15) is 5.75 Å². The van der Waals surface area contributed by atoms with Crippen molar-refractivity contribution in [1.82, 2.24) is 0 Å². The second-order valence-electron chi connectivity index (χ2n) is 4.57. The number of methoxy groups -OCH3 is 1. The Kier molecular flexibility index (Phi) is 4.75. The Morgan fingerprint density at radius 2 is 1.81 bits per heavy atom. The predicted octanol–water partition coefficient (Wildman–Crippen LogP) is 3.36. The minimum absolute atomic E-state index is 0.295. The normalized spacial score (nSPS) is 11.2. The Labute approximate surface area is 129 Å². The van der Waals surface area contributed by atoms with E-state index in [1.807, 2.05) is 12.1 Å². The van der Waals surface area contributed by atoms with Gasteiger partial charge in [-0.1, -0.05) is 17.7 Å². The van der Waals surface area contributed by atoms with E-state index < -0.39 is 9.84 Å². The molecule has 21 heavy (non-hydrogen) atoms. The van der Waals surface area contributed by atoms with E-state index in [2.05, 4.69) is 5.32 Å². The summed E-state index contributed by atoms with van der Waals surface area (Å²) in [5.41, 5.74) is 1.67. The van der Waals surface area contributed by atoms with Gasteiger partial charge in [-0.3, -0.25) is 0 Å². The molecule has 2 rings (SSSR count). The molecule has 112 valence electrons. The van der Waals surface area contributed by atoms with Gasteiger partial charge in [-0.25, -0.2) is 8.42 Å². The SMILES string of the molecule is COc1cccc(Cl)c1CNc1ccc(S(C)(=O)=O)cc1. The van der Waals surface area contributed by atoms with Crippen molar-refractivity contribution in [3.63, 3.8) is 0 Å². The van der Waals surface area contributed by atoms with Crippen molar-refractivity contribution in [2.45, 2.75) is 11.4 Å². The summed E-state index contributed by atoms with van der Waals surface area (Å²) in [7, 11) is -1.58. The maximum Gasteiger partial charge on any atom is 0.175 e. The number of hydrogen-bond acceptors (Lipinski definition) is 4. The molecule has 0 unspecified atom stereocenters. The van der Waals surface area contributed by atoms with Crippen LogP contribution in [0.4, 0.5) is 5.69 Å². The molecule has 0 aromatic heterocycles. The zero-order valence-electron chi connectivity index (χ0n) is 11.8. The molecule has 0 atom stereocenters. The molecule has 0 aliphatic rings. The number of sulfone groups is 1. The lowest BCUT2D eigenvalue weighted by Crippen LogP contribution is -2.03. The summed E-state index contributed by atoms with van der Waals surface area (Å²) in [5.74, 6) is 0.711. The molecule has 2 aromatic rings. The highest BCUT2D eigenvalue weighted by Gasteiger charge is 2.08. The third-order valence-electron chi connectivity index (χ3n) is 3.05. The predicted molar refractivity (Wildman–Crippen MR) is 84.9 cm³/mol. The quantitative estimate of drug-likeness (QED) is 0.915. The highest BCUT2D eigenvalue weighted by molar-refractivity contribution is 7.90. The highest BCUT2D eigenvalue weighted by Crippen LogP contribution is 2.27. The van der Waals surface area contributed by atoms with Gasteiger partial charge in [0.25, 0.3) is 0 Å². The van der Waals surface area contributed by atoms with Gasteiger partial charge in [-0.15, -0.1) is 0 Å². The van der Waals surface area contributed by atoms with E-state index in [1.165, 1.54) is 6.26 Å². The fourth-order valence-electron chi connectivity index (χ4n) is 1.91. The first-order valence-corrected chi connectivity index (χ1v) is 8.54. The number of anilines is 1. The summed E-state index contributed by atoms with van der Waals surface area (Å²) >= 11 is 6.16. The van der Waals surface area contributed by atoms with Crippen LogP contribution in [0.2, 0.25) is 5.02 Å². The third kappa shape index (κ3) is 3.89. The van der Waals surface area contributed by atoms with Gasteiger partial charge in [-0.2, -0.15) is 0 Å². The molecule has 0 spiro atoms. The molecule has 1 N–H and O–H groups in total. The first-order chi connectivity index (χ1) is 9.91. The fraction of sp³-hybridized carbons (Fsp3) is 0.200. The number of ether oxygens (including phenoxy) is 1. The number of halogens is 1. The van der Waals surface area contributed by atoms with Crippen LogP contribution in [0, 0.1) is 0 Å². The van der Waals surface area contributed by atoms with Crippen molar-refractivity contribution in [2.75, 3.05) is 18.7 Å². The lowest BCUT2D eigenvalue weighted by Gasteiger charge is -2.12. The van der Waals surface area contributed by atoms with Crippen molar-refractivity contribution in [1.29, 1.82) is 0 Å². The largest absolute Gasteiger partial charge is 0.496 e. The lowest BCUT2D eigenvalue weighted by atomic mass is 10.2. The minimum Gasteiger partial charge on any atom is -0.496 e. The molecule has 0 aliphatic heterocycles. The molecule has 0 amide bonds. The standard InChI is InChI=1S/C15H16ClNO3S/c1-20-15-5-3-4-14(16)13(15)10-17-11-6-8-12(9-7-11)21(2,18)19/h3-9,17H,10H2,1-2H3. The summed E-state index contributed by atoms with van der Waals surface area (Å²) in [6.45, 7) is 0.487. The Hall–Kier alpha value is -1.72. The molecule has 4 nitrogen and oxygen atoms in total. The van der Waals surface area contributed by atoms with Crippen LogP contribution in [0.25, 0.3) is 0 Å². The van der Waals surface area contributed by atoms with E-state index in [1.54, 1.807) is 37.4 Å². The Bertz CT molecular complexity index is 727. The van der Waals surface area contributed by atoms with Crippen LogP contribution >= 0.6 is 11.6 Å². The molecule has 0 bridgehead atoms. The average molecular weight is 326 g/mol. The molecule has 0 fully saturated rings. The van der Waals surface area contributed by atoms with E-state index in [4.69, 9.17) is 16.3 Å². The smallest absolute Gasteiger partial charge is 0.175 e. The third-order valence-corrected chi connectivity index (χ3v) is 4.53. The molecular weight excluding hydrogens is 310 g/mol. The first-order valence-electron chi connectivity index (χ1n) is 6.27. The van der Waals surface area contributed by atoms with Gasteiger partial charge in [0, 0.05) is 29.1 Å². The maximum atomic E-state index is 11.4. The Morgan fingerprint density at radius 3 is 2.38 bits per heavy atom. The molecular formula is C15H16ClNO3S. The van der Waals surface area contributed by atoms with Crippen LogP contribution in [-0.4, -0.2) is 21.8 Å². The van der Waals surface area contributed by atoms with E-state index in [0.29, 0.717) is 22.2 Å². The number of rotatable bonds is 5. The van der Waals surface area contributed by atoms with E-state index in [0.717, 1.165) is 11.3 Å². The van der Waals surface area contributed by atoms with Crippen LogP contribution in [0.3, 0.4) is 0 Å². The van der Waals surface area contributed by atoms with Crippen LogP contribution in [0.1, 0.15) is 5.56 Å². The number of hydrogen-bond donors (Lipinski definition) is 1.